The Kier molecular flexibility index (Phi) is 4.80. The second-order valence-corrected chi connectivity index (χ2v) is 5.31. The second kappa shape index (κ2) is 6.62. The van der Waals surface area contributed by atoms with Crippen molar-refractivity contribution in [3.63, 3.8) is 0 Å². The number of carbonyl (C=O) groups excluding carboxylic acids is 1. The summed E-state index contributed by atoms with van der Waals surface area (Å²) in [4.78, 5) is 22.4. The minimum absolute atomic E-state index is 0.0232. The Morgan fingerprint density at radius 3 is 2.65 bits per heavy atom. The summed E-state index contributed by atoms with van der Waals surface area (Å²) >= 11 is 5.71. The molecule has 0 saturated carbocycles. The molecular formula is C15H13ClFN3O3. The maximum Gasteiger partial charge on any atom is 0.292 e. The van der Waals surface area contributed by atoms with Gasteiger partial charge in [0, 0.05) is 11.6 Å². The number of hydrogen-bond donors (Lipinski definition) is 2. The SMILES string of the molecule is CC(NC(=O)c1ccc(N)c([N+](=O)[O-])c1)c1ccc(F)c(Cl)c1. The Morgan fingerprint density at radius 2 is 2.04 bits per heavy atom. The Balaban J connectivity index is 2.19. The van der Waals surface area contributed by atoms with Crippen LogP contribution in [0.3, 0.4) is 0 Å². The molecule has 0 spiro atoms. The summed E-state index contributed by atoms with van der Waals surface area (Å²) in [7, 11) is 0. The number of nitro benzene ring substituents is 1. The molecule has 3 N–H and O–H groups in total. The molecular weight excluding hydrogens is 325 g/mol. The quantitative estimate of drug-likeness (QED) is 0.507. The molecule has 23 heavy (non-hydrogen) atoms. The molecule has 0 bridgehead atoms. The maximum absolute atomic E-state index is 13.2. The van der Waals surface area contributed by atoms with Gasteiger partial charge in [-0.2, -0.15) is 0 Å². The first-order valence-corrected chi connectivity index (χ1v) is 6.97. The first kappa shape index (κ1) is 16.7. The van der Waals surface area contributed by atoms with Crippen LogP contribution in [0.4, 0.5) is 15.8 Å². The van der Waals surface area contributed by atoms with Gasteiger partial charge in [-0.1, -0.05) is 17.7 Å². The average Bonchev–Trinajstić information content (AvgIpc) is 2.49. The van der Waals surface area contributed by atoms with Gasteiger partial charge in [0.15, 0.2) is 0 Å². The first-order chi connectivity index (χ1) is 10.8. The van der Waals surface area contributed by atoms with Crippen molar-refractivity contribution in [2.24, 2.45) is 0 Å². The Bertz CT molecular complexity index is 783. The first-order valence-electron chi connectivity index (χ1n) is 6.59. The summed E-state index contributed by atoms with van der Waals surface area (Å²) in [6, 6.07) is 7.44. The Hall–Kier alpha value is -2.67. The van der Waals surface area contributed by atoms with Crippen molar-refractivity contribution in [3.8, 4) is 0 Å². The number of anilines is 1. The van der Waals surface area contributed by atoms with E-state index in [0.717, 1.165) is 6.07 Å². The van der Waals surface area contributed by atoms with Crippen LogP contribution in [0, 0.1) is 15.9 Å². The highest BCUT2D eigenvalue weighted by molar-refractivity contribution is 6.30. The number of hydrogen-bond acceptors (Lipinski definition) is 4. The molecule has 0 heterocycles. The zero-order chi connectivity index (χ0) is 17.1. The lowest BCUT2D eigenvalue weighted by Crippen LogP contribution is -2.26. The van der Waals surface area contributed by atoms with Gasteiger partial charge >= 0.3 is 0 Å². The normalized spacial score (nSPS) is 11.8. The third kappa shape index (κ3) is 3.75. The number of benzene rings is 2. The van der Waals surface area contributed by atoms with Crippen LogP contribution in [0.1, 0.15) is 28.9 Å². The summed E-state index contributed by atoms with van der Waals surface area (Å²) in [5.41, 5.74) is 5.84. The van der Waals surface area contributed by atoms with Gasteiger partial charge in [-0.3, -0.25) is 14.9 Å². The van der Waals surface area contributed by atoms with Gasteiger partial charge < -0.3 is 11.1 Å². The van der Waals surface area contributed by atoms with Gasteiger partial charge in [0.2, 0.25) is 0 Å². The smallest absolute Gasteiger partial charge is 0.292 e. The highest BCUT2D eigenvalue weighted by atomic mass is 35.5. The molecule has 1 atom stereocenters. The van der Waals surface area contributed by atoms with Crippen molar-refractivity contribution in [1.82, 2.24) is 5.32 Å². The van der Waals surface area contributed by atoms with Gasteiger partial charge in [0.25, 0.3) is 11.6 Å². The molecule has 1 unspecified atom stereocenters. The zero-order valence-corrected chi connectivity index (χ0v) is 12.8. The number of nitrogens with zero attached hydrogens (tertiary/aromatic N) is 1. The number of nitrogens with two attached hydrogens (primary N) is 1. The maximum atomic E-state index is 13.2. The molecule has 0 saturated heterocycles. The van der Waals surface area contributed by atoms with E-state index in [-0.39, 0.29) is 22.0 Å². The molecule has 0 aliphatic heterocycles. The third-order valence-corrected chi connectivity index (χ3v) is 3.57. The second-order valence-electron chi connectivity index (χ2n) is 4.90. The highest BCUT2D eigenvalue weighted by Crippen LogP contribution is 2.24. The van der Waals surface area contributed by atoms with E-state index < -0.39 is 22.7 Å². The standard InChI is InChI=1S/C15H13ClFN3O3/c1-8(9-2-4-12(17)11(16)6-9)19-15(21)10-3-5-13(18)14(7-10)20(22)23/h2-8H,18H2,1H3,(H,19,21). The topological polar surface area (TPSA) is 98.3 Å². The molecule has 6 nitrogen and oxygen atoms in total. The van der Waals surface area contributed by atoms with Crippen molar-refractivity contribution >= 4 is 28.9 Å². The molecule has 2 rings (SSSR count). The van der Waals surface area contributed by atoms with Gasteiger partial charge in [-0.15, -0.1) is 0 Å². The molecule has 0 aromatic heterocycles. The number of nitro groups is 1. The Labute approximate surface area is 136 Å². The largest absolute Gasteiger partial charge is 0.393 e. The van der Waals surface area contributed by atoms with Crippen LogP contribution in [0.25, 0.3) is 0 Å². The lowest BCUT2D eigenvalue weighted by atomic mass is 10.1. The van der Waals surface area contributed by atoms with Crippen LogP contribution >= 0.6 is 11.6 Å². The minimum atomic E-state index is -0.657. The van der Waals surface area contributed by atoms with Crippen LogP contribution in [-0.2, 0) is 0 Å². The Morgan fingerprint density at radius 1 is 1.35 bits per heavy atom. The molecule has 2 aromatic rings. The zero-order valence-electron chi connectivity index (χ0n) is 12.0. The minimum Gasteiger partial charge on any atom is -0.393 e. The number of nitrogens with one attached hydrogen (secondary N) is 1. The summed E-state index contributed by atoms with van der Waals surface area (Å²) < 4.78 is 13.2. The lowest BCUT2D eigenvalue weighted by molar-refractivity contribution is -0.383. The van der Waals surface area contributed by atoms with Gasteiger partial charge in [0.05, 0.1) is 16.0 Å². The predicted octanol–water partition coefficient (Wildman–Crippen LogP) is 3.46. The van der Waals surface area contributed by atoms with Crippen molar-refractivity contribution < 1.29 is 14.1 Å². The van der Waals surface area contributed by atoms with E-state index in [1.807, 2.05) is 0 Å². The van der Waals surface area contributed by atoms with E-state index in [2.05, 4.69) is 5.32 Å². The van der Waals surface area contributed by atoms with Crippen molar-refractivity contribution in [2.75, 3.05) is 5.73 Å². The van der Waals surface area contributed by atoms with Crippen molar-refractivity contribution in [2.45, 2.75) is 13.0 Å². The van der Waals surface area contributed by atoms with Crippen molar-refractivity contribution in [3.05, 3.63) is 68.5 Å². The molecule has 1 amide bonds. The molecule has 120 valence electrons. The predicted molar refractivity (Wildman–Crippen MR) is 84.8 cm³/mol. The molecule has 0 radical (unpaired) electrons. The van der Waals surface area contributed by atoms with Gasteiger partial charge in [-0.25, -0.2) is 4.39 Å². The van der Waals surface area contributed by atoms with Crippen LogP contribution in [0.5, 0.6) is 0 Å². The average molecular weight is 338 g/mol. The summed E-state index contributed by atoms with van der Waals surface area (Å²) in [5.74, 6) is -1.07. The molecule has 8 heteroatoms. The number of carbonyl (C=O) groups is 1. The summed E-state index contributed by atoms with van der Waals surface area (Å²) in [6.07, 6.45) is 0. The van der Waals surface area contributed by atoms with Crippen LogP contribution in [0.2, 0.25) is 5.02 Å². The number of nitrogen functional groups attached to an aromatic ring is 1. The summed E-state index contributed by atoms with van der Waals surface area (Å²) in [6.45, 7) is 1.69. The molecule has 0 aliphatic rings. The van der Waals surface area contributed by atoms with Crippen LogP contribution in [0.15, 0.2) is 36.4 Å². The fraction of sp³-hybridized carbons (Fsp3) is 0.133. The molecule has 0 fully saturated rings. The van der Waals surface area contributed by atoms with Crippen molar-refractivity contribution in [1.29, 1.82) is 0 Å². The monoisotopic (exact) mass is 337 g/mol. The third-order valence-electron chi connectivity index (χ3n) is 3.28. The fourth-order valence-electron chi connectivity index (χ4n) is 1.99. The number of rotatable bonds is 4. The summed E-state index contributed by atoms with van der Waals surface area (Å²) in [5, 5.41) is 13.5. The molecule has 2 aromatic carbocycles. The van der Waals surface area contributed by atoms with Gasteiger partial charge in [0.1, 0.15) is 11.5 Å². The van der Waals surface area contributed by atoms with E-state index >= 15 is 0 Å². The van der Waals surface area contributed by atoms with E-state index in [1.165, 1.54) is 30.3 Å². The molecule has 0 aliphatic carbocycles. The number of amides is 1. The lowest BCUT2D eigenvalue weighted by Gasteiger charge is -2.15. The van der Waals surface area contributed by atoms with E-state index in [9.17, 15) is 19.3 Å². The fourth-order valence-corrected chi connectivity index (χ4v) is 2.18. The van der Waals surface area contributed by atoms with Gasteiger partial charge in [-0.05, 0) is 36.8 Å². The van der Waals surface area contributed by atoms with E-state index in [1.54, 1.807) is 6.92 Å². The van der Waals surface area contributed by atoms with E-state index in [4.69, 9.17) is 17.3 Å². The van der Waals surface area contributed by atoms with Crippen LogP contribution < -0.4 is 11.1 Å². The number of halogens is 2. The van der Waals surface area contributed by atoms with E-state index in [0.29, 0.717) is 5.56 Å². The van der Waals surface area contributed by atoms with Crippen LogP contribution in [-0.4, -0.2) is 10.8 Å². The highest BCUT2D eigenvalue weighted by Gasteiger charge is 2.17.